The highest BCUT2D eigenvalue weighted by molar-refractivity contribution is 8.01. The van der Waals surface area contributed by atoms with Crippen molar-refractivity contribution >= 4 is 103 Å². The number of hydrogen-bond donors (Lipinski definition) is 7. The molecule has 9 N–H and O–H groups in total. The van der Waals surface area contributed by atoms with Crippen molar-refractivity contribution < 1.29 is 44.7 Å². The zero-order chi connectivity index (χ0) is 51.9. The molecule has 2 aromatic carbocycles. The number of nitrogens with zero attached hydrogens (tertiary/aromatic N) is 15. The van der Waals surface area contributed by atoms with Crippen LogP contribution in [-0.2, 0) is 10.8 Å². The fourth-order valence-electron chi connectivity index (χ4n) is 6.14. The highest BCUT2D eigenvalue weighted by Gasteiger charge is 2.31. The van der Waals surface area contributed by atoms with E-state index in [1.807, 2.05) is 53.7 Å². The quantitative estimate of drug-likeness (QED) is 0.0503. The van der Waals surface area contributed by atoms with Gasteiger partial charge in [0.15, 0.2) is 53.1 Å². The van der Waals surface area contributed by atoms with Crippen LogP contribution in [0.5, 0.6) is 6.01 Å². The summed E-state index contributed by atoms with van der Waals surface area (Å²) in [5, 5.41) is 95.2. The summed E-state index contributed by atoms with van der Waals surface area (Å²) in [5.41, 5.74) is 10.5. The normalized spacial score (nSPS) is 11.8. The van der Waals surface area contributed by atoms with Gasteiger partial charge in [0.25, 0.3) is 11.9 Å². The molecule has 0 spiro atoms. The van der Waals surface area contributed by atoms with E-state index in [4.69, 9.17) is 11.5 Å². The SMILES string of the molecule is CC(C)(C)c1nn(-c2nc(O)nc(-n3nc(C(C)(C)C)c(N=Nc4sc(Sc5ccc(C(=O)O)c(C(=O)O)c5)nc4C#N)c3N)n2)c(N)c1N=Nc1sc(Sc2ccc(C(=O)O)c(C(=O)O)c2)nc1C#N. The third-order valence-electron chi connectivity index (χ3n) is 9.38. The van der Waals surface area contributed by atoms with Gasteiger partial charge in [0, 0.05) is 20.6 Å². The third kappa shape index (κ3) is 10.5. The second kappa shape index (κ2) is 19.4. The molecule has 26 nitrogen and oxygen atoms in total. The molecule has 7 rings (SSSR count). The summed E-state index contributed by atoms with van der Waals surface area (Å²) in [7, 11) is 0. The molecule has 360 valence electrons. The number of rotatable bonds is 14. The van der Waals surface area contributed by atoms with Gasteiger partial charge in [-0.05, 0) is 36.4 Å². The number of carboxylic acids is 4. The van der Waals surface area contributed by atoms with Gasteiger partial charge >= 0.3 is 29.9 Å². The predicted octanol–water partition coefficient (Wildman–Crippen LogP) is 8.29. The van der Waals surface area contributed by atoms with E-state index in [0.29, 0.717) is 9.79 Å². The molecule has 71 heavy (non-hydrogen) atoms. The summed E-state index contributed by atoms with van der Waals surface area (Å²) in [4.78, 5) is 68.4. The van der Waals surface area contributed by atoms with Gasteiger partial charge in [0.05, 0.1) is 33.6 Å². The minimum absolute atomic E-state index is 0.0413. The maximum absolute atomic E-state index is 11.7. The van der Waals surface area contributed by atoms with E-state index in [0.717, 1.165) is 67.7 Å². The lowest BCUT2D eigenvalue weighted by atomic mass is 9.91. The Morgan fingerprint density at radius 3 is 1.28 bits per heavy atom. The van der Waals surface area contributed by atoms with Crippen molar-refractivity contribution in [3.63, 3.8) is 0 Å². The number of anilines is 2. The number of nitrogen functional groups attached to an aromatic ring is 2. The van der Waals surface area contributed by atoms with Crippen molar-refractivity contribution in [3.05, 3.63) is 81.4 Å². The molecular weight excluding hydrogens is 1000 g/mol. The zero-order valence-corrected chi connectivity index (χ0v) is 40.6. The van der Waals surface area contributed by atoms with Crippen molar-refractivity contribution in [3.8, 4) is 30.0 Å². The first-order valence-corrected chi connectivity index (χ1v) is 23.1. The molecule has 5 heterocycles. The predicted molar refractivity (Wildman–Crippen MR) is 253 cm³/mol. The van der Waals surface area contributed by atoms with E-state index < -0.39 is 63.0 Å². The fourth-order valence-corrected chi connectivity index (χ4v) is 9.97. The Morgan fingerprint density at radius 2 is 0.958 bits per heavy atom. The second-order valence-electron chi connectivity index (χ2n) is 16.5. The number of carboxylic acid groups (broad SMARTS) is 4. The van der Waals surface area contributed by atoms with Crippen molar-refractivity contribution in [1.29, 1.82) is 10.5 Å². The summed E-state index contributed by atoms with van der Waals surface area (Å²) in [6.07, 6.45) is 0. The molecule has 0 atom stereocenters. The van der Waals surface area contributed by atoms with E-state index in [9.17, 15) is 55.2 Å². The molecule has 0 radical (unpaired) electrons. The summed E-state index contributed by atoms with van der Waals surface area (Å²) in [6.45, 7) is 10.9. The lowest BCUT2D eigenvalue weighted by Gasteiger charge is -2.15. The summed E-state index contributed by atoms with van der Waals surface area (Å²) < 4.78 is 2.69. The van der Waals surface area contributed by atoms with E-state index in [1.165, 1.54) is 24.3 Å². The largest absolute Gasteiger partial charge is 0.479 e. The number of aromatic hydroxyl groups is 1. The van der Waals surface area contributed by atoms with Crippen LogP contribution in [0.15, 0.2) is 75.3 Å². The van der Waals surface area contributed by atoms with Crippen LogP contribution in [0, 0.1) is 22.7 Å². The third-order valence-corrected chi connectivity index (χ3v) is 13.4. The summed E-state index contributed by atoms with van der Waals surface area (Å²) >= 11 is 3.85. The molecule has 0 aliphatic carbocycles. The van der Waals surface area contributed by atoms with Crippen molar-refractivity contribution in [2.75, 3.05) is 11.5 Å². The van der Waals surface area contributed by atoms with Gasteiger partial charge in [-0.25, -0.2) is 29.1 Å². The van der Waals surface area contributed by atoms with Crippen molar-refractivity contribution in [2.24, 2.45) is 20.5 Å². The zero-order valence-electron chi connectivity index (χ0n) is 37.3. The Kier molecular flexibility index (Phi) is 13.7. The van der Waals surface area contributed by atoms with Crippen molar-refractivity contribution in [1.82, 2.24) is 44.5 Å². The van der Waals surface area contributed by atoms with E-state index in [-0.39, 0.29) is 76.4 Å². The molecule has 0 amide bonds. The number of nitrogens with two attached hydrogens (primary N) is 2. The Bertz CT molecular complexity index is 3290. The Balaban J connectivity index is 1.22. The van der Waals surface area contributed by atoms with Gasteiger partial charge in [-0.3, -0.25) is 0 Å². The standard InChI is InChI=1S/C41H33N17O9S4/c1-40(2,3)25-23(51-53-29-21(13-42)46-38(70-29)68-15-7-9-17(31(59)60)19(11-15)33(63)64)27(44)57(55-25)35-48-36(50-37(67)49-35)58-28(45)24(26(56-58)41(4,5)6)52-54-30-22(14-43)47-39(71-30)69-16-8-10-18(32(61)62)20(12-16)34(65)66/h7-12H,44-45H2,1-6H3,(H,59,60)(H,61,62)(H,63,64)(H,65,66)(H,48,49,50,67). The average Bonchev–Trinajstić information content (AvgIpc) is 4.06. The van der Waals surface area contributed by atoms with Crippen LogP contribution in [0.2, 0.25) is 0 Å². The fraction of sp³-hybridized carbons (Fsp3) is 0.195. The maximum Gasteiger partial charge on any atom is 0.336 e. The number of carbonyl (C=O) groups is 4. The molecule has 30 heteroatoms. The lowest BCUT2D eigenvalue weighted by Crippen LogP contribution is -2.16. The van der Waals surface area contributed by atoms with Gasteiger partial charge in [-0.15, -0.1) is 20.5 Å². The number of thiazole rings is 2. The van der Waals surface area contributed by atoms with Crippen LogP contribution in [0.25, 0.3) is 11.9 Å². The molecule has 5 aromatic heterocycles. The van der Waals surface area contributed by atoms with Gasteiger partial charge in [-0.2, -0.15) is 45.0 Å². The number of aromatic carboxylic acids is 4. The molecule has 0 aliphatic heterocycles. The van der Waals surface area contributed by atoms with Gasteiger partial charge in [-0.1, -0.05) is 87.7 Å². The lowest BCUT2D eigenvalue weighted by molar-refractivity contribution is 0.0651. The Labute approximate surface area is 415 Å². The molecule has 0 fully saturated rings. The van der Waals surface area contributed by atoms with Crippen LogP contribution in [0.4, 0.5) is 33.0 Å². The molecule has 0 aliphatic rings. The second-order valence-corrected chi connectivity index (χ2v) is 21.1. The number of benzene rings is 2. The Morgan fingerprint density at radius 1 is 0.592 bits per heavy atom. The number of hydrogen-bond acceptors (Lipinski definition) is 24. The average molecular weight is 1040 g/mol. The first-order chi connectivity index (χ1) is 33.4. The first kappa shape index (κ1) is 50.2. The smallest absolute Gasteiger partial charge is 0.336 e. The van der Waals surface area contributed by atoms with E-state index in [2.05, 4.69) is 55.6 Å². The summed E-state index contributed by atoms with van der Waals surface area (Å²) in [5.74, 6) is -6.62. The maximum atomic E-state index is 11.7. The van der Waals surface area contributed by atoms with E-state index in [1.54, 1.807) is 0 Å². The number of azo groups is 2. The molecular formula is C41H33N17O9S4. The minimum atomic E-state index is -1.44. The van der Waals surface area contributed by atoms with Crippen LogP contribution in [0.3, 0.4) is 0 Å². The number of aromatic nitrogens is 9. The number of nitriles is 2. The highest BCUT2D eigenvalue weighted by atomic mass is 32.2. The molecule has 0 unspecified atom stereocenters. The highest BCUT2D eigenvalue weighted by Crippen LogP contribution is 2.44. The van der Waals surface area contributed by atoms with Crippen LogP contribution in [0.1, 0.15) is 106 Å². The summed E-state index contributed by atoms with van der Waals surface area (Å²) in [6, 6.07) is 10.6. The van der Waals surface area contributed by atoms with Gasteiger partial charge in [0.2, 0.25) is 0 Å². The Hall–Kier alpha value is -8.71. The van der Waals surface area contributed by atoms with Crippen LogP contribution < -0.4 is 11.5 Å². The van der Waals surface area contributed by atoms with E-state index >= 15 is 0 Å². The molecule has 7 aromatic rings. The topological polar surface area (TPSA) is 419 Å². The molecule has 0 saturated heterocycles. The minimum Gasteiger partial charge on any atom is -0.479 e. The van der Waals surface area contributed by atoms with Crippen LogP contribution in [-0.4, -0.2) is 93.9 Å². The van der Waals surface area contributed by atoms with Crippen molar-refractivity contribution in [2.45, 2.75) is 70.8 Å². The molecule has 0 bridgehead atoms. The van der Waals surface area contributed by atoms with Gasteiger partial charge in [0.1, 0.15) is 12.1 Å². The van der Waals surface area contributed by atoms with Crippen LogP contribution >= 0.6 is 46.2 Å². The molecule has 0 saturated carbocycles. The van der Waals surface area contributed by atoms with Gasteiger partial charge < -0.3 is 37.0 Å². The first-order valence-electron chi connectivity index (χ1n) is 19.8. The monoisotopic (exact) mass is 1040 g/mol.